The molecule has 0 aliphatic rings. The van der Waals surface area contributed by atoms with Crippen molar-refractivity contribution in [1.29, 1.82) is 0 Å². The highest BCUT2D eigenvalue weighted by molar-refractivity contribution is 5.80. The minimum absolute atomic E-state index is 0.358. The molecular weight excluding hydrogens is 847 g/mol. The summed E-state index contributed by atoms with van der Waals surface area (Å²) in [5.74, 6) is -0.494. The average molecular weight is 975 g/mol. The van der Waals surface area contributed by atoms with Gasteiger partial charge in [0.25, 0.3) is 0 Å². The zero-order valence-electron chi connectivity index (χ0n) is 47.2. The van der Waals surface area contributed by atoms with Crippen LogP contribution in [0.5, 0.6) is 0 Å². The third kappa shape index (κ3) is 54.7. The minimum Gasteiger partial charge on any atom is -0.394 e. The zero-order chi connectivity index (χ0) is 50.0. The Hall–Kier alpha value is -0.910. The summed E-state index contributed by atoms with van der Waals surface area (Å²) >= 11 is 0. The summed E-state index contributed by atoms with van der Waals surface area (Å²) in [5, 5.41) is 33.5. The molecule has 0 aromatic rings. The molecule has 0 radical (unpaired) electrons. The van der Waals surface area contributed by atoms with Gasteiger partial charge in [-0.25, -0.2) is 0 Å². The second-order valence-corrected chi connectivity index (χ2v) is 22.3. The Balaban J connectivity index is 3.48. The van der Waals surface area contributed by atoms with Crippen molar-refractivity contribution in [2.75, 3.05) is 6.61 Å². The van der Waals surface area contributed by atoms with Gasteiger partial charge in [-0.1, -0.05) is 360 Å². The molecule has 69 heavy (non-hydrogen) atoms. The average Bonchev–Trinajstić information content (AvgIpc) is 3.35. The maximum atomic E-state index is 12.6. The van der Waals surface area contributed by atoms with E-state index in [4.69, 9.17) is 0 Å². The Morgan fingerprint density at radius 1 is 0.348 bits per heavy atom. The van der Waals surface area contributed by atoms with Crippen molar-refractivity contribution in [2.45, 2.75) is 385 Å². The van der Waals surface area contributed by atoms with E-state index in [0.717, 1.165) is 32.1 Å². The number of carbonyl (C=O) groups is 1. The third-order valence-corrected chi connectivity index (χ3v) is 15.4. The van der Waals surface area contributed by atoms with Crippen molar-refractivity contribution in [3.05, 3.63) is 12.2 Å². The number of rotatable bonds is 60. The summed E-state index contributed by atoms with van der Waals surface area (Å²) in [6.07, 6.45) is 76.2. The van der Waals surface area contributed by atoms with Crippen LogP contribution in [0.4, 0.5) is 0 Å². The first-order valence-corrected chi connectivity index (χ1v) is 32.0. The molecule has 0 aromatic carbocycles. The Labute approximate surface area is 433 Å². The normalized spacial score (nSPS) is 13.2. The largest absolute Gasteiger partial charge is 0.394 e. The number of hydrogen-bond donors (Lipinski definition) is 4. The molecule has 412 valence electrons. The number of allylic oxidation sites excluding steroid dienone is 1. The van der Waals surface area contributed by atoms with Crippen LogP contribution in [-0.2, 0) is 4.79 Å². The van der Waals surface area contributed by atoms with Gasteiger partial charge in [-0.05, 0) is 19.3 Å². The van der Waals surface area contributed by atoms with Crippen LogP contribution in [0.25, 0.3) is 0 Å². The first-order chi connectivity index (χ1) is 34.1. The molecule has 5 nitrogen and oxygen atoms in total. The van der Waals surface area contributed by atoms with Gasteiger partial charge in [0.15, 0.2) is 0 Å². The zero-order valence-corrected chi connectivity index (χ0v) is 47.2. The van der Waals surface area contributed by atoms with Crippen LogP contribution in [0.1, 0.15) is 367 Å². The van der Waals surface area contributed by atoms with Crippen LogP contribution in [0.15, 0.2) is 12.2 Å². The fourth-order valence-corrected chi connectivity index (χ4v) is 10.4. The number of carbonyl (C=O) groups excluding carboxylic acids is 1. The fraction of sp³-hybridized carbons (Fsp3) is 0.953. The topological polar surface area (TPSA) is 89.8 Å². The van der Waals surface area contributed by atoms with E-state index in [1.165, 1.54) is 315 Å². The summed E-state index contributed by atoms with van der Waals surface area (Å²) in [7, 11) is 0. The van der Waals surface area contributed by atoms with Crippen molar-refractivity contribution in [3.63, 3.8) is 0 Å². The van der Waals surface area contributed by atoms with E-state index in [1.54, 1.807) is 6.08 Å². The predicted octanol–water partition coefficient (Wildman–Crippen LogP) is 20.2. The van der Waals surface area contributed by atoms with Crippen molar-refractivity contribution < 1.29 is 20.1 Å². The Morgan fingerprint density at radius 2 is 0.565 bits per heavy atom. The van der Waals surface area contributed by atoms with Gasteiger partial charge < -0.3 is 20.6 Å². The van der Waals surface area contributed by atoms with Crippen molar-refractivity contribution in [2.24, 2.45) is 0 Å². The molecule has 1 amide bonds. The van der Waals surface area contributed by atoms with Gasteiger partial charge in [0.2, 0.25) is 5.91 Å². The number of hydrogen-bond acceptors (Lipinski definition) is 4. The van der Waals surface area contributed by atoms with Gasteiger partial charge >= 0.3 is 0 Å². The summed E-state index contributed by atoms with van der Waals surface area (Å²) in [6, 6.07) is -0.795. The number of nitrogens with one attached hydrogen (secondary N) is 1. The summed E-state index contributed by atoms with van der Waals surface area (Å²) in [4.78, 5) is 12.6. The molecule has 0 aliphatic carbocycles. The lowest BCUT2D eigenvalue weighted by Gasteiger charge is -2.21. The second kappa shape index (κ2) is 59.7. The maximum absolute atomic E-state index is 12.6. The fourth-order valence-electron chi connectivity index (χ4n) is 10.4. The van der Waals surface area contributed by atoms with Crippen molar-refractivity contribution >= 4 is 5.91 Å². The first kappa shape index (κ1) is 68.1. The molecule has 0 bridgehead atoms. The molecule has 0 saturated heterocycles. The summed E-state index contributed by atoms with van der Waals surface area (Å²) in [5.41, 5.74) is 0. The lowest BCUT2D eigenvalue weighted by atomic mass is 10.0. The lowest BCUT2D eigenvalue weighted by molar-refractivity contribution is -0.131. The minimum atomic E-state index is -1.09. The molecule has 3 atom stereocenters. The van der Waals surface area contributed by atoms with Gasteiger partial charge in [-0.3, -0.25) is 4.79 Å². The standard InChI is InChI=1S/C64H127NO4/c1-3-5-7-9-11-13-15-17-19-21-23-25-27-28-29-30-31-32-33-34-35-37-39-41-43-45-47-49-51-53-55-57-59-63(68)64(69)65-61(60-66)62(67)58-56-54-52-50-48-46-44-42-40-38-36-26-24-22-20-18-16-14-12-10-8-6-4-2/h56,58,61-63,66-68H,3-55,57,59-60H2,1-2H3,(H,65,69)/b58-56+. The molecule has 0 aromatic heterocycles. The molecule has 0 spiro atoms. The van der Waals surface area contributed by atoms with E-state index in [0.29, 0.717) is 6.42 Å². The second-order valence-electron chi connectivity index (χ2n) is 22.3. The van der Waals surface area contributed by atoms with Crippen LogP contribution in [0.2, 0.25) is 0 Å². The summed E-state index contributed by atoms with van der Waals surface area (Å²) < 4.78 is 0. The maximum Gasteiger partial charge on any atom is 0.249 e. The van der Waals surface area contributed by atoms with E-state index < -0.39 is 24.2 Å². The number of aliphatic hydroxyl groups is 3. The molecule has 0 saturated carbocycles. The van der Waals surface area contributed by atoms with Gasteiger partial charge in [0.1, 0.15) is 6.10 Å². The molecule has 5 heteroatoms. The monoisotopic (exact) mass is 974 g/mol. The highest BCUT2D eigenvalue weighted by atomic mass is 16.3. The Kier molecular flexibility index (Phi) is 58.9. The van der Waals surface area contributed by atoms with Crippen molar-refractivity contribution in [1.82, 2.24) is 5.32 Å². The first-order valence-electron chi connectivity index (χ1n) is 32.0. The SMILES string of the molecule is CCCCCCCCCCCCCCCCCCCCCCC/C=C/C(O)C(CO)NC(=O)C(O)CCCCCCCCCCCCCCCCCCCCCCCCCCCCCCCCCC. The highest BCUT2D eigenvalue weighted by Gasteiger charge is 2.22. The molecule has 0 aliphatic heterocycles. The Bertz CT molecular complexity index is 987. The van der Waals surface area contributed by atoms with Crippen LogP contribution >= 0.6 is 0 Å². The lowest BCUT2D eigenvalue weighted by Crippen LogP contribution is -2.48. The van der Waals surface area contributed by atoms with E-state index in [-0.39, 0.29) is 6.61 Å². The van der Waals surface area contributed by atoms with Crippen LogP contribution < -0.4 is 5.32 Å². The number of unbranched alkanes of at least 4 members (excludes halogenated alkanes) is 52. The van der Waals surface area contributed by atoms with Gasteiger partial charge in [0.05, 0.1) is 18.8 Å². The molecule has 3 unspecified atom stereocenters. The molecule has 0 heterocycles. The Morgan fingerprint density at radius 3 is 0.797 bits per heavy atom. The molecular formula is C64H127NO4. The van der Waals surface area contributed by atoms with Gasteiger partial charge in [-0.2, -0.15) is 0 Å². The van der Waals surface area contributed by atoms with E-state index in [2.05, 4.69) is 19.2 Å². The molecule has 0 fully saturated rings. The van der Waals surface area contributed by atoms with Gasteiger partial charge in [0, 0.05) is 0 Å². The summed E-state index contributed by atoms with van der Waals surface area (Å²) in [6.45, 7) is 4.24. The molecule has 0 rings (SSSR count). The third-order valence-electron chi connectivity index (χ3n) is 15.4. The van der Waals surface area contributed by atoms with E-state index in [9.17, 15) is 20.1 Å². The highest BCUT2D eigenvalue weighted by Crippen LogP contribution is 2.19. The van der Waals surface area contributed by atoms with Crippen LogP contribution in [0, 0.1) is 0 Å². The van der Waals surface area contributed by atoms with E-state index in [1.807, 2.05) is 6.08 Å². The van der Waals surface area contributed by atoms with Gasteiger partial charge in [-0.15, -0.1) is 0 Å². The van der Waals surface area contributed by atoms with Crippen LogP contribution in [0.3, 0.4) is 0 Å². The number of aliphatic hydroxyl groups excluding tert-OH is 3. The molecule has 4 N–H and O–H groups in total. The van der Waals surface area contributed by atoms with Crippen LogP contribution in [-0.4, -0.2) is 46.1 Å². The van der Waals surface area contributed by atoms with Crippen molar-refractivity contribution in [3.8, 4) is 0 Å². The number of amides is 1. The smallest absolute Gasteiger partial charge is 0.249 e. The quantitative estimate of drug-likeness (QED) is 0.0361. The van der Waals surface area contributed by atoms with E-state index >= 15 is 0 Å². The predicted molar refractivity (Wildman–Crippen MR) is 305 cm³/mol.